The van der Waals surface area contributed by atoms with E-state index in [0.717, 1.165) is 43.2 Å². The molecule has 0 aliphatic heterocycles. The molecule has 4 rings (SSSR count). The van der Waals surface area contributed by atoms with Gasteiger partial charge >= 0.3 is 5.97 Å². The molecule has 1 aromatic carbocycles. The molecule has 3 unspecified atom stereocenters. The topological polar surface area (TPSA) is 63.6 Å². The Morgan fingerprint density at radius 2 is 2.08 bits per heavy atom. The third-order valence-corrected chi connectivity index (χ3v) is 15.3. The van der Waals surface area contributed by atoms with Gasteiger partial charge in [0, 0.05) is 32.6 Å². The largest absolute Gasteiger partial charge is 0.460 e. The van der Waals surface area contributed by atoms with Gasteiger partial charge in [0.1, 0.15) is 23.5 Å². The minimum Gasteiger partial charge on any atom is -0.460 e. The second kappa shape index (κ2) is 10.9. The quantitative estimate of drug-likeness (QED) is 0.111. The SMILES string of the molecule is C=C[C@]1(C)C[C@@H](OC(=O)CSc2ccc(F)cc2F)[C@]2(SI)C(I)CCC3(CCC(=O)C32)[C@@H](C)[C@@H]1O. The highest BCUT2D eigenvalue weighted by molar-refractivity contribution is 14.2. The van der Waals surface area contributed by atoms with Crippen molar-refractivity contribution in [3.8, 4) is 0 Å². The number of aliphatic hydroxyl groups excluding tert-OH is 1. The highest BCUT2D eigenvalue weighted by Gasteiger charge is 2.70. The van der Waals surface area contributed by atoms with Gasteiger partial charge in [-0.25, -0.2) is 8.78 Å². The van der Waals surface area contributed by atoms with E-state index in [0.29, 0.717) is 12.8 Å². The predicted octanol–water partition coefficient (Wildman–Crippen LogP) is 6.95. The van der Waals surface area contributed by atoms with Gasteiger partial charge in [-0.2, -0.15) is 0 Å². The van der Waals surface area contributed by atoms with Gasteiger partial charge in [-0.1, -0.05) is 51.4 Å². The summed E-state index contributed by atoms with van der Waals surface area (Å²) in [6.07, 6.45) is 3.61. The molecule has 0 aromatic heterocycles. The first-order valence-electron chi connectivity index (χ1n) is 12.0. The summed E-state index contributed by atoms with van der Waals surface area (Å²) in [6.45, 7) is 8.04. The van der Waals surface area contributed by atoms with Crippen molar-refractivity contribution in [2.45, 2.75) is 71.7 Å². The van der Waals surface area contributed by atoms with E-state index in [1.54, 1.807) is 15.0 Å². The molecule has 0 radical (unpaired) electrons. The summed E-state index contributed by atoms with van der Waals surface area (Å²) in [5.41, 5.74) is -1.09. The van der Waals surface area contributed by atoms with Crippen molar-refractivity contribution >= 4 is 76.2 Å². The minimum absolute atomic E-state index is 0.0775. The Bertz CT molecular complexity index is 1060. The lowest BCUT2D eigenvalue weighted by atomic mass is 9.50. The zero-order valence-corrected chi connectivity index (χ0v) is 26.1. The second-order valence-corrected chi connectivity index (χ2v) is 15.3. The zero-order valence-electron chi connectivity index (χ0n) is 20.1. The van der Waals surface area contributed by atoms with E-state index in [-0.39, 0.29) is 37.6 Å². The van der Waals surface area contributed by atoms with Crippen molar-refractivity contribution < 1.29 is 28.2 Å². The van der Waals surface area contributed by atoms with Crippen LogP contribution in [0, 0.1) is 34.3 Å². The second-order valence-electron chi connectivity index (χ2n) is 10.6. The van der Waals surface area contributed by atoms with Gasteiger partial charge in [-0.3, -0.25) is 9.59 Å². The summed E-state index contributed by atoms with van der Waals surface area (Å²) in [5, 5.41) is 11.6. The molecule has 0 spiro atoms. The molecule has 3 fully saturated rings. The Hall–Kier alpha value is 0.0800. The van der Waals surface area contributed by atoms with Crippen molar-refractivity contribution in [1.29, 1.82) is 0 Å². The summed E-state index contributed by atoms with van der Waals surface area (Å²) >= 11 is 5.63. The summed E-state index contributed by atoms with van der Waals surface area (Å²) in [7, 11) is 1.58. The lowest BCUT2D eigenvalue weighted by molar-refractivity contribution is -0.166. The van der Waals surface area contributed by atoms with Crippen LogP contribution in [0.15, 0.2) is 35.7 Å². The molecule has 0 heterocycles. The van der Waals surface area contributed by atoms with Gasteiger partial charge in [0.15, 0.2) is 0 Å². The number of ether oxygens (including phenoxy) is 1. The first-order valence-corrected chi connectivity index (χ1v) is 17.6. The van der Waals surface area contributed by atoms with Gasteiger partial charge in [-0.15, -0.1) is 18.3 Å². The molecule has 8 atom stereocenters. The average molecular weight is 762 g/mol. The number of Topliss-reactive ketones (excluding diaryl/α,β-unsaturated/α-hetero) is 1. The molecular formula is C26H30F2I2O4S2. The van der Waals surface area contributed by atoms with Crippen LogP contribution in [0.2, 0.25) is 0 Å². The first-order chi connectivity index (χ1) is 16.9. The Morgan fingerprint density at radius 3 is 2.72 bits per heavy atom. The molecule has 3 saturated carbocycles. The molecule has 4 nitrogen and oxygen atoms in total. The van der Waals surface area contributed by atoms with Crippen LogP contribution < -0.4 is 0 Å². The maximum absolute atomic E-state index is 14.1. The molecular weight excluding hydrogens is 732 g/mol. The number of esters is 1. The maximum Gasteiger partial charge on any atom is 0.316 e. The van der Waals surface area contributed by atoms with Gasteiger partial charge in [0.25, 0.3) is 0 Å². The molecule has 10 heteroatoms. The fourth-order valence-electron chi connectivity index (χ4n) is 6.81. The van der Waals surface area contributed by atoms with Gasteiger partial charge in [0.05, 0.1) is 16.6 Å². The molecule has 1 N–H and O–H groups in total. The van der Waals surface area contributed by atoms with E-state index in [1.165, 1.54) is 6.07 Å². The van der Waals surface area contributed by atoms with E-state index in [9.17, 15) is 23.5 Å². The number of carbonyl (C=O) groups is 2. The number of ketones is 1. The van der Waals surface area contributed by atoms with Crippen LogP contribution in [0.3, 0.4) is 0 Å². The van der Waals surface area contributed by atoms with E-state index < -0.39 is 40.0 Å². The lowest BCUT2D eigenvalue weighted by Crippen LogP contribution is -2.67. The zero-order chi connectivity index (χ0) is 26.5. The summed E-state index contributed by atoms with van der Waals surface area (Å²) in [6, 6.07) is 3.25. The molecule has 3 aliphatic rings. The Morgan fingerprint density at radius 1 is 1.36 bits per heavy atom. The summed E-state index contributed by atoms with van der Waals surface area (Å²) in [4.78, 5) is 26.9. The van der Waals surface area contributed by atoms with Crippen molar-refractivity contribution in [1.82, 2.24) is 0 Å². The predicted molar refractivity (Wildman–Crippen MR) is 157 cm³/mol. The molecule has 0 amide bonds. The van der Waals surface area contributed by atoms with Crippen molar-refractivity contribution in [2.75, 3.05) is 5.75 Å². The number of benzene rings is 1. The fourth-order valence-corrected chi connectivity index (χ4v) is 13.9. The van der Waals surface area contributed by atoms with Gasteiger partial charge in [0.2, 0.25) is 0 Å². The highest BCUT2D eigenvalue weighted by atomic mass is 127. The van der Waals surface area contributed by atoms with E-state index in [1.807, 2.05) is 6.92 Å². The third-order valence-electron chi connectivity index (χ3n) is 8.84. The number of hydrogen-bond donors (Lipinski definition) is 1. The fraction of sp³-hybridized carbons (Fsp3) is 0.615. The van der Waals surface area contributed by atoms with Crippen LogP contribution in [-0.2, 0) is 14.3 Å². The van der Waals surface area contributed by atoms with E-state index in [2.05, 4.69) is 57.3 Å². The van der Waals surface area contributed by atoms with E-state index >= 15 is 0 Å². The van der Waals surface area contributed by atoms with Crippen LogP contribution in [-0.4, -0.2) is 43.5 Å². The standard InChI is InChI=1S/C26H30F2I2O4S2/c1-4-24(3)12-20(34-21(32)13-35-18-6-5-15(27)11-16(18)28)26(36-30)19(29)8-10-25(14(2)23(24)33)9-7-17(31)22(25)26/h4-6,11,14,19-20,22-23,33H,1,7-10,12-13H2,2-3H3/t14-,19?,20+,22?,23-,24+,25?,26+/m0/s1. The van der Waals surface area contributed by atoms with Crippen molar-refractivity contribution in [3.05, 3.63) is 42.5 Å². The normalized spacial score (nSPS) is 40.2. The molecule has 2 bridgehead atoms. The smallest absolute Gasteiger partial charge is 0.316 e. The van der Waals surface area contributed by atoms with Crippen LogP contribution in [0.25, 0.3) is 0 Å². The number of rotatable bonds is 6. The van der Waals surface area contributed by atoms with Crippen molar-refractivity contribution in [3.63, 3.8) is 0 Å². The van der Waals surface area contributed by atoms with Crippen LogP contribution in [0.1, 0.15) is 46.0 Å². The van der Waals surface area contributed by atoms with E-state index in [4.69, 9.17) is 4.74 Å². The minimum atomic E-state index is -0.740. The number of hydrogen-bond acceptors (Lipinski definition) is 6. The molecule has 198 valence electrons. The number of aliphatic hydroxyl groups is 1. The monoisotopic (exact) mass is 762 g/mol. The highest BCUT2D eigenvalue weighted by Crippen LogP contribution is 2.69. The van der Waals surface area contributed by atoms with Crippen LogP contribution >= 0.6 is 64.5 Å². The van der Waals surface area contributed by atoms with Crippen LogP contribution in [0.4, 0.5) is 8.78 Å². The van der Waals surface area contributed by atoms with Gasteiger partial charge < -0.3 is 9.84 Å². The molecule has 1 aromatic rings. The summed E-state index contributed by atoms with van der Waals surface area (Å²) < 4.78 is 33.0. The molecule has 0 saturated heterocycles. The molecule has 36 heavy (non-hydrogen) atoms. The Kier molecular flexibility index (Phi) is 8.82. The Balaban J connectivity index is 1.71. The third kappa shape index (κ3) is 4.70. The Labute approximate surface area is 245 Å². The number of halogens is 4. The average Bonchev–Trinajstić information content (AvgIpc) is 3.20. The van der Waals surface area contributed by atoms with Gasteiger partial charge in [-0.05, 0) is 70.4 Å². The number of alkyl halides is 1. The first kappa shape index (κ1) is 29.1. The molecule has 3 aliphatic carbocycles. The number of carbonyl (C=O) groups excluding carboxylic acids is 2. The lowest BCUT2D eigenvalue weighted by Gasteiger charge is -2.61. The van der Waals surface area contributed by atoms with Crippen LogP contribution in [0.5, 0.6) is 0 Å². The maximum atomic E-state index is 14.1. The van der Waals surface area contributed by atoms with Crippen molar-refractivity contribution in [2.24, 2.45) is 22.7 Å². The number of thioether (sulfide) groups is 1. The summed E-state index contributed by atoms with van der Waals surface area (Å²) in [5.74, 6) is -2.35.